The Kier molecular flexibility index (Phi) is 4.43. The van der Waals surface area contributed by atoms with Gasteiger partial charge in [-0.3, -0.25) is 0 Å². The molecule has 0 atom stereocenters. The van der Waals surface area contributed by atoms with Crippen molar-refractivity contribution >= 4 is 0 Å². The zero-order valence-electron chi connectivity index (χ0n) is 13.0. The SMILES string of the molecule is CN1CCC(Cc2ncc(-c3cccc(C(F)(F)F)c3)[nH]2)CC1. The summed E-state index contributed by atoms with van der Waals surface area (Å²) in [5, 5.41) is 0. The summed E-state index contributed by atoms with van der Waals surface area (Å²) in [6.07, 6.45) is 0.422. The average molecular weight is 323 g/mol. The summed E-state index contributed by atoms with van der Waals surface area (Å²) in [6, 6.07) is 5.34. The molecule has 0 saturated carbocycles. The Labute approximate surface area is 133 Å². The number of nitrogens with zero attached hydrogens (tertiary/aromatic N) is 2. The quantitative estimate of drug-likeness (QED) is 0.926. The Morgan fingerprint density at radius 3 is 2.70 bits per heavy atom. The fraction of sp³-hybridized carbons (Fsp3) is 0.471. The van der Waals surface area contributed by atoms with Crippen LogP contribution in [0.1, 0.15) is 24.2 Å². The Morgan fingerprint density at radius 1 is 1.26 bits per heavy atom. The molecule has 0 aliphatic carbocycles. The van der Waals surface area contributed by atoms with Crippen molar-refractivity contribution in [2.45, 2.75) is 25.4 Å². The van der Waals surface area contributed by atoms with Crippen LogP contribution >= 0.6 is 0 Å². The third kappa shape index (κ3) is 3.93. The molecule has 0 spiro atoms. The maximum Gasteiger partial charge on any atom is 0.416 e. The number of piperidine rings is 1. The van der Waals surface area contributed by atoms with Crippen LogP contribution in [0.3, 0.4) is 0 Å². The number of hydrogen-bond acceptors (Lipinski definition) is 2. The third-order valence-corrected chi connectivity index (χ3v) is 4.45. The number of halogens is 3. The predicted molar refractivity (Wildman–Crippen MR) is 83.0 cm³/mol. The zero-order chi connectivity index (χ0) is 16.4. The van der Waals surface area contributed by atoms with Crippen molar-refractivity contribution in [1.29, 1.82) is 0 Å². The maximum absolute atomic E-state index is 12.8. The molecule has 1 aromatic carbocycles. The molecule has 6 heteroatoms. The van der Waals surface area contributed by atoms with Crippen LogP contribution in [-0.2, 0) is 12.6 Å². The minimum absolute atomic E-state index is 0.516. The molecular formula is C17H20F3N3. The van der Waals surface area contributed by atoms with Gasteiger partial charge in [0.2, 0.25) is 0 Å². The molecule has 3 nitrogen and oxygen atoms in total. The first kappa shape index (κ1) is 16.1. The number of hydrogen-bond donors (Lipinski definition) is 1. The number of aromatic amines is 1. The molecule has 0 bridgehead atoms. The molecule has 1 saturated heterocycles. The van der Waals surface area contributed by atoms with Crippen molar-refractivity contribution < 1.29 is 13.2 Å². The van der Waals surface area contributed by atoms with E-state index in [1.54, 1.807) is 12.3 Å². The number of H-pyrrole nitrogens is 1. The van der Waals surface area contributed by atoms with Gasteiger partial charge in [-0.2, -0.15) is 13.2 Å². The van der Waals surface area contributed by atoms with Crippen molar-refractivity contribution in [2.24, 2.45) is 5.92 Å². The smallest absolute Gasteiger partial charge is 0.342 e. The van der Waals surface area contributed by atoms with Gasteiger partial charge in [-0.25, -0.2) is 4.98 Å². The lowest BCUT2D eigenvalue weighted by molar-refractivity contribution is -0.137. The molecule has 3 rings (SSSR count). The van der Waals surface area contributed by atoms with E-state index in [2.05, 4.69) is 21.9 Å². The number of benzene rings is 1. The Morgan fingerprint density at radius 2 is 2.00 bits per heavy atom. The lowest BCUT2D eigenvalue weighted by Gasteiger charge is -2.28. The van der Waals surface area contributed by atoms with Gasteiger partial charge in [0.1, 0.15) is 5.82 Å². The van der Waals surface area contributed by atoms with Crippen molar-refractivity contribution in [3.8, 4) is 11.3 Å². The first-order valence-electron chi connectivity index (χ1n) is 7.82. The highest BCUT2D eigenvalue weighted by Crippen LogP contribution is 2.32. The van der Waals surface area contributed by atoms with Gasteiger partial charge in [-0.1, -0.05) is 12.1 Å². The number of rotatable bonds is 3. The van der Waals surface area contributed by atoms with Gasteiger partial charge >= 0.3 is 6.18 Å². The highest BCUT2D eigenvalue weighted by molar-refractivity contribution is 5.59. The molecule has 0 amide bonds. The standard InChI is InChI=1S/C17H20F3N3/c1-23-7-5-12(6-8-23)9-16-21-11-15(22-16)13-3-2-4-14(10-13)17(18,19)20/h2-4,10-12H,5-9H2,1H3,(H,21,22). The number of likely N-dealkylation sites (tertiary alicyclic amines) is 1. The minimum atomic E-state index is -4.33. The molecule has 1 fully saturated rings. The lowest BCUT2D eigenvalue weighted by atomic mass is 9.94. The monoisotopic (exact) mass is 323 g/mol. The van der Waals surface area contributed by atoms with Crippen LogP contribution in [0, 0.1) is 5.92 Å². The van der Waals surface area contributed by atoms with Crippen LogP contribution in [0.5, 0.6) is 0 Å². The van der Waals surface area contributed by atoms with Gasteiger partial charge in [-0.15, -0.1) is 0 Å². The third-order valence-electron chi connectivity index (χ3n) is 4.45. The molecular weight excluding hydrogens is 303 g/mol. The number of imidazole rings is 1. The van der Waals surface area contributed by atoms with E-state index < -0.39 is 11.7 Å². The van der Waals surface area contributed by atoms with Gasteiger partial charge in [0.15, 0.2) is 0 Å². The summed E-state index contributed by atoms with van der Waals surface area (Å²) >= 11 is 0. The van der Waals surface area contributed by atoms with E-state index in [1.165, 1.54) is 6.07 Å². The maximum atomic E-state index is 12.8. The molecule has 1 aliphatic heterocycles. The van der Waals surface area contributed by atoms with Crippen LogP contribution in [0.4, 0.5) is 13.2 Å². The fourth-order valence-corrected chi connectivity index (χ4v) is 3.02. The van der Waals surface area contributed by atoms with E-state index in [-0.39, 0.29) is 0 Å². The van der Waals surface area contributed by atoms with Crippen LogP contribution in [0.25, 0.3) is 11.3 Å². The topological polar surface area (TPSA) is 31.9 Å². The normalized spacial score (nSPS) is 17.6. The zero-order valence-corrected chi connectivity index (χ0v) is 13.0. The molecule has 2 aromatic rings. The van der Waals surface area contributed by atoms with Crippen molar-refractivity contribution in [3.63, 3.8) is 0 Å². The fourth-order valence-electron chi connectivity index (χ4n) is 3.02. The van der Waals surface area contributed by atoms with E-state index in [4.69, 9.17) is 0 Å². The first-order chi connectivity index (χ1) is 10.9. The summed E-state index contributed by atoms with van der Waals surface area (Å²) < 4.78 is 38.4. The van der Waals surface area contributed by atoms with Crippen LogP contribution in [-0.4, -0.2) is 35.0 Å². The second-order valence-electron chi connectivity index (χ2n) is 6.27. The Bertz CT molecular complexity index is 655. The van der Waals surface area contributed by atoms with Gasteiger partial charge in [0.25, 0.3) is 0 Å². The largest absolute Gasteiger partial charge is 0.416 e. The van der Waals surface area contributed by atoms with Gasteiger partial charge < -0.3 is 9.88 Å². The van der Waals surface area contributed by atoms with Crippen molar-refractivity contribution in [2.75, 3.05) is 20.1 Å². The average Bonchev–Trinajstić information content (AvgIpc) is 2.97. The molecule has 23 heavy (non-hydrogen) atoms. The summed E-state index contributed by atoms with van der Waals surface area (Å²) in [5.41, 5.74) is 0.516. The summed E-state index contributed by atoms with van der Waals surface area (Å²) in [5.74, 6) is 1.44. The van der Waals surface area contributed by atoms with Crippen LogP contribution in [0.2, 0.25) is 0 Å². The van der Waals surface area contributed by atoms with E-state index in [9.17, 15) is 13.2 Å². The van der Waals surface area contributed by atoms with E-state index >= 15 is 0 Å². The molecule has 0 radical (unpaired) electrons. The van der Waals surface area contributed by atoms with E-state index in [0.29, 0.717) is 17.2 Å². The highest BCUT2D eigenvalue weighted by Gasteiger charge is 2.30. The van der Waals surface area contributed by atoms with Gasteiger partial charge in [0, 0.05) is 12.0 Å². The Hall–Kier alpha value is -1.82. The minimum Gasteiger partial charge on any atom is -0.342 e. The van der Waals surface area contributed by atoms with Crippen molar-refractivity contribution in [1.82, 2.24) is 14.9 Å². The molecule has 0 unspecified atom stereocenters. The summed E-state index contributed by atoms with van der Waals surface area (Å²) in [6.45, 7) is 2.18. The van der Waals surface area contributed by atoms with Gasteiger partial charge in [0.05, 0.1) is 17.5 Å². The van der Waals surface area contributed by atoms with Crippen LogP contribution < -0.4 is 0 Å². The summed E-state index contributed by atoms with van der Waals surface area (Å²) in [7, 11) is 2.12. The van der Waals surface area contributed by atoms with Crippen molar-refractivity contribution in [3.05, 3.63) is 41.9 Å². The molecule has 1 N–H and O–H groups in total. The highest BCUT2D eigenvalue weighted by atomic mass is 19.4. The lowest BCUT2D eigenvalue weighted by Crippen LogP contribution is -2.31. The first-order valence-corrected chi connectivity index (χ1v) is 7.82. The van der Waals surface area contributed by atoms with E-state index in [1.807, 2.05) is 0 Å². The second-order valence-corrected chi connectivity index (χ2v) is 6.27. The Balaban J connectivity index is 1.72. The molecule has 124 valence electrons. The number of aromatic nitrogens is 2. The van der Waals surface area contributed by atoms with E-state index in [0.717, 1.165) is 50.3 Å². The predicted octanol–water partition coefficient (Wildman–Crippen LogP) is 3.98. The van der Waals surface area contributed by atoms with Gasteiger partial charge in [-0.05, 0) is 51.0 Å². The molecule has 1 aliphatic rings. The second kappa shape index (κ2) is 6.35. The molecule has 2 heterocycles. The number of alkyl halides is 3. The molecule has 1 aromatic heterocycles. The summed E-state index contributed by atoms with van der Waals surface area (Å²) in [4.78, 5) is 9.83. The number of nitrogens with one attached hydrogen (secondary N) is 1. The van der Waals surface area contributed by atoms with Crippen LogP contribution in [0.15, 0.2) is 30.5 Å².